The second-order valence-corrected chi connectivity index (χ2v) is 6.55. The number of aromatic nitrogens is 2. The van der Waals surface area contributed by atoms with Crippen LogP contribution in [0.1, 0.15) is 31.7 Å². The monoisotopic (exact) mass is 557 g/mol. The molecule has 4 rings (SSSR count). The average molecular weight is 557 g/mol. The molecule has 0 aliphatic heterocycles. The molecule has 0 spiro atoms. The molecule has 4 aromatic rings. The second kappa shape index (κ2) is 12.1. The van der Waals surface area contributed by atoms with Crippen LogP contribution in [-0.4, -0.2) is 9.97 Å². The van der Waals surface area contributed by atoms with Crippen molar-refractivity contribution in [3.05, 3.63) is 109 Å². The fraction of sp³-hybridized carbons (Fsp3) is 0.154. The van der Waals surface area contributed by atoms with Gasteiger partial charge in [-0.05, 0) is 29.4 Å². The molecule has 29 heavy (non-hydrogen) atoms. The maximum Gasteiger partial charge on any atom is 0.0160 e. The molecule has 149 valence electrons. The molecule has 0 bridgehead atoms. The normalized spacial score (nSPS) is 10.8. The van der Waals surface area contributed by atoms with Gasteiger partial charge in [0.15, 0.2) is 0 Å². The van der Waals surface area contributed by atoms with E-state index in [2.05, 4.69) is 48.1 Å². The predicted molar refractivity (Wildman–Crippen MR) is 116 cm³/mol. The van der Waals surface area contributed by atoms with Gasteiger partial charge in [-0.15, -0.1) is 71.3 Å². The molecule has 0 saturated carbocycles. The Balaban J connectivity index is 0.000000207. The van der Waals surface area contributed by atoms with E-state index < -0.39 is 0 Å². The van der Waals surface area contributed by atoms with E-state index >= 15 is 0 Å². The summed E-state index contributed by atoms with van der Waals surface area (Å²) in [7, 11) is 0. The number of hydrogen-bond acceptors (Lipinski definition) is 2. The van der Waals surface area contributed by atoms with Gasteiger partial charge in [-0.3, -0.25) is 0 Å². The summed E-state index contributed by atoms with van der Waals surface area (Å²) in [5.41, 5.74) is 5.45. The first-order valence-electron chi connectivity index (χ1n) is 9.59. The zero-order chi connectivity index (χ0) is 19.6. The summed E-state index contributed by atoms with van der Waals surface area (Å²) >= 11 is 0. The Morgan fingerprint density at radius 1 is 0.759 bits per heavy atom. The molecule has 2 heterocycles. The Hall–Kier alpha value is -2.61. The molecule has 0 amide bonds. The van der Waals surface area contributed by atoms with Gasteiger partial charge in [-0.1, -0.05) is 44.5 Å². The van der Waals surface area contributed by atoms with Crippen molar-refractivity contribution in [1.82, 2.24) is 9.97 Å². The van der Waals surface area contributed by atoms with Crippen LogP contribution in [0.2, 0.25) is 0 Å². The molecule has 0 aliphatic carbocycles. The summed E-state index contributed by atoms with van der Waals surface area (Å²) in [6.45, 7) is 4.46. The molecular formula is C26H24IrN2-2. The molecule has 3 heteroatoms. The van der Waals surface area contributed by atoms with Crippen LogP contribution < -0.4 is 0 Å². The maximum absolute atomic E-state index is 4.34. The van der Waals surface area contributed by atoms with Gasteiger partial charge in [0.05, 0.1) is 0 Å². The standard InChI is InChI=1S/C15H16N.C11H8N.Ir/c1-3-12(2)13-7-6-8-14(11-13)15-9-4-5-10-16-15;1-2-6-10(7-3-1)11-8-4-5-9-12-11;/h4-7,9-12H,3H2,1-2H3;1-6,8-9H;/q2*-1;. The summed E-state index contributed by atoms with van der Waals surface area (Å²) in [5.74, 6) is 0.595. The molecule has 1 unspecified atom stereocenters. The van der Waals surface area contributed by atoms with Crippen molar-refractivity contribution >= 4 is 0 Å². The summed E-state index contributed by atoms with van der Waals surface area (Å²) < 4.78 is 0. The van der Waals surface area contributed by atoms with E-state index in [1.54, 1.807) is 6.20 Å². The van der Waals surface area contributed by atoms with E-state index in [-0.39, 0.29) is 20.1 Å². The first-order valence-corrected chi connectivity index (χ1v) is 9.59. The second-order valence-electron chi connectivity index (χ2n) is 6.55. The van der Waals surface area contributed by atoms with E-state index in [0.717, 1.165) is 28.9 Å². The summed E-state index contributed by atoms with van der Waals surface area (Å²) in [6.07, 6.45) is 4.76. The van der Waals surface area contributed by atoms with Gasteiger partial charge < -0.3 is 9.97 Å². The SMILES string of the molecule is CCC(C)c1cc[c-]c(-c2ccccn2)c1.[Ir].[c-]1ccccc1-c1ccccn1. The number of pyridine rings is 2. The third kappa shape index (κ3) is 6.74. The van der Waals surface area contributed by atoms with Gasteiger partial charge in [0.2, 0.25) is 0 Å². The van der Waals surface area contributed by atoms with Gasteiger partial charge in [0.25, 0.3) is 0 Å². The molecule has 1 radical (unpaired) electrons. The van der Waals surface area contributed by atoms with Crippen LogP contribution in [0.15, 0.2) is 91.3 Å². The fourth-order valence-corrected chi connectivity index (χ4v) is 2.77. The van der Waals surface area contributed by atoms with Crippen LogP contribution in [0.4, 0.5) is 0 Å². The minimum Gasteiger partial charge on any atom is -0.305 e. The van der Waals surface area contributed by atoms with Gasteiger partial charge in [-0.25, -0.2) is 0 Å². The Morgan fingerprint density at radius 2 is 1.38 bits per heavy atom. The van der Waals surface area contributed by atoms with Crippen molar-refractivity contribution in [1.29, 1.82) is 0 Å². The Morgan fingerprint density at radius 3 is 1.93 bits per heavy atom. The van der Waals surface area contributed by atoms with Crippen molar-refractivity contribution in [3.63, 3.8) is 0 Å². The van der Waals surface area contributed by atoms with Crippen LogP contribution >= 0.6 is 0 Å². The van der Waals surface area contributed by atoms with Gasteiger partial charge in [0.1, 0.15) is 0 Å². The van der Waals surface area contributed by atoms with Crippen LogP contribution in [0, 0.1) is 12.1 Å². The Kier molecular flexibility index (Phi) is 9.43. The number of hydrogen-bond donors (Lipinski definition) is 0. The van der Waals surface area contributed by atoms with Crippen LogP contribution in [-0.2, 0) is 20.1 Å². The van der Waals surface area contributed by atoms with E-state index in [0.29, 0.717) is 5.92 Å². The maximum atomic E-state index is 4.34. The average Bonchev–Trinajstić information content (AvgIpc) is 2.81. The largest absolute Gasteiger partial charge is 0.305 e. The van der Waals surface area contributed by atoms with Crippen LogP contribution in [0.5, 0.6) is 0 Å². The van der Waals surface area contributed by atoms with Gasteiger partial charge in [-0.2, -0.15) is 0 Å². The first-order chi connectivity index (χ1) is 13.8. The minimum atomic E-state index is 0. The number of benzene rings is 2. The number of nitrogens with zero attached hydrogens (tertiary/aromatic N) is 2. The van der Waals surface area contributed by atoms with Gasteiger partial charge in [0, 0.05) is 32.5 Å². The summed E-state index contributed by atoms with van der Waals surface area (Å²) in [5, 5.41) is 0. The Labute approximate surface area is 187 Å². The quantitative estimate of drug-likeness (QED) is 0.265. The topological polar surface area (TPSA) is 25.8 Å². The van der Waals surface area contributed by atoms with E-state index in [1.165, 1.54) is 5.56 Å². The van der Waals surface area contributed by atoms with E-state index in [9.17, 15) is 0 Å². The van der Waals surface area contributed by atoms with E-state index in [1.807, 2.05) is 72.9 Å². The van der Waals surface area contributed by atoms with Crippen molar-refractivity contribution in [2.75, 3.05) is 0 Å². The molecule has 2 nitrogen and oxygen atoms in total. The minimum absolute atomic E-state index is 0. The smallest absolute Gasteiger partial charge is 0.0160 e. The van der Waals surface area contributed by atoms with Crippen molar-refractivity contribution < 1.29 is 20.1 Å². The van der Waals surface area contributed by atoms with Crippen LogP contribution in [0.25, 0.3) is 22.5 Å². The first kappa shape index (κ1) is 22.7. The van der Waals surface area contributed by atoms with Crippen molar-refractivity contribution in [2.45, 2.75) is 26.2 Å². The molecule has 0 saturated heterocycles. The van der Waals surface area contributed by atoms with Crippen LogP contribution in [0.3, 0.4) is 0 Å². The fourth-order valence-electron chi connectivity index (χ4n) is 2.77. The summed E-state index contributed by atoms with van der Waals surface area (Å²) in [6, 6.07) is 32.3. The Bertz CT molecular complexity index is 920. The predicted octanol–water partition coefficient (Wildman–Crippen LogP) is 6.61. The molecule has 0 N–H and O–H groups in total. The molecule has 0 aliphatic rings. The molecule has 2 aromatic carbocycles. The third-order valence-electron chi connectivity index (χ3n) is 4.60. The molecule has 0 fully saturated rings. The molecule has 2 aromatic heterocycles. The molecular weight excluding hydrogens is 533 g/mol. The third-order valence-corrected chi connectivity index (χ3v) is 4.60. The zero-order valence-corrected chi connectivity index (χ0v) is 19.1. The van der Waals surface area contributed by atoms with Crippen molar-refractivity contribution in [3.8, 4) is 22.5 Å². The van der Waals surface area contributed by atoms with E-state index in [4.69, 9.17) is 0 Å². The van der Waals surface area contributed by atoms with Gasteiger partial charge >= 0.3 is 0 Å². The summed E-state index contributed by atoms with van der Waals surface area (Å²) in [4.78, 5) is 8.56. The number of rotatable bonds is 4. The zero-order valence-electron chi connectivity index (χ0n) is 16.7. The van der Waals surface area contributed by atoms with Crippen molar-refractivity contribution in [2.24, 2.45) is 0 Å². The molecule has 1 atom stereocenters.